The van der Waals surface area contributed by atoms with Crippen LogP contribution in [0.1, 0.15) is 58.3 Å². The predicted octanol–water partition coefficient (Wildman–Crippen LogP) is 1.55. The summed E-state index contributed by atoms with van der Waals surface area (Å²) in [6.45, 7) is 1.99. The van der Waals surface area contributed by atoms with Crippen molar-refractivity contribution in [3.63, 3.8) is 0 Å². The Morgan fingerprint density at radius 2 is 1.91 bits per heavy atom. The summed E-state index contributed by atoms with van der Waals surface area (Å²) < 4.78 is 0. The largest absolute Gasteiger partial charge is 0.352 e. The zero-order valence-electron chi connectivity index (χ0n) is 13.2. The van der Waals surface area contributed by atoms with Gasteiger partial charge in [0.1, 0.15) is 12.1 Å². The van der Waals surface area contributed by atoms with Gasteiger partial charge in [-0.15, -0.1) is 0 Å². The van der Waals surface area contributed by atoms with Crippen molar-refractivity contribution in [2.24, 2.45) is 5.92 Å². The summed E-state index contributed by atoms with van der Waals surface area (Å²) in [5, 5.41) is 5.81. The quantitative estimate of drug-likeness (QED) is 0.776. The molecule has 122 valence electrons. The van der Waals surface area contributed by atoms with Crippen molar-refractivity contribution in [1.82, 2.24) is 15.5 Å². The first-order chi connectivity index (χ1) is 10.5. The lowest BCUT2D eigenvalue weighted by molar-refractivity contribution is -0.135. The van der Waals surface area contributed by atoms with Gasteiger partial charge in [-0.3, -0.25) is 14.5 Å². The highest BCUT2D eigenvalue weighted by molar-refractivity contribution is 6.09. The lowest BCUT2D eigenvalue weighted by Gasteiger charge is -2.30. The molecule has 0 aromatic heterocycles. The topological polar surface area (TPSA) is 78.5 Å². The standard InChI is InChI=1S/C16H25N3O3/c1-11-6-2-3-7-12(11)17-13(20)10-19-14(21)16(18-15(19)22)8-4-5-9-16/h11-12H,2-10H2,1H3,(H,17,20)(H,18,22)/t11-,12-/m0/s1. The average Bonchev–Trinajstić information content (AvgIpc) is 3.03. The van der Waals surface area contributed by atoms with E-state index in [1.807, 2.05) is 0 Å². The molecule has 2 N–H and O–H groups in total. The Balaban J connectivity index is 1.59. The van der Waals surface area contributed by atoms with Gasteiger partial charge in [-0.2, -0.15) is 0 Å². The van der Waals surface area contributed by atoms with Crippen LogP contribution in [0.3, 0.4) is 0 Å². The van der Waals surface area contributed by atoms with Crippen molar-refractivity contribution in [3.8, 4) is 0 Å². The van der Waals surface area contributed by atoms with E-state index in [9.17, 15) is 14.4 Å². The van der Waals surface area contributed by atoms with Crippen molar-refractivity contribution in [1.29, 1.82) is 0 Å². The van der Waals surface area contributed by atoms with E-state index in [1.54, 1.807) is 0 Å². The van der Waals surface area contributed by atoms with Crippen LogP contribution in [0, 0.1) is 5.92 Å². The zero-order valence-corrected chi connectivity index (χ0v) is 13.2. The molecule has 1 heterocycles. The number of imide groups is 1. The minimum atomic E-state index is -0.727. The monoisotopic (exact) mass is 307 g/mol. The second-order valence-electron chi connectivity index (χ2n) is 7.05. The van der Waals surface area contributed by atoms with Crippen LogP contribution >= 0.6 is 0 Å². The summed E-state index contributed by atoms with van der Waals surface area (Å²) in [7, 11) is 0. The van der Waals surface area contributed by atoms with Crippen molar-refractivity contribution in [2.75, 3.05) is 6.54 Å². The highest BCUT2D eigenvalue weighted by Crippen LogP contribution is 2.34. The van der Waals surface area contributed by atoms with E-state index in [2.05, 4.69) is 17.6 Å². The fourth-order valence-corrected chi connectivity index (χ4v) is 4.06. The van der Waals surface area contributed by atoms with Crippen molar-refractivity contribution < 1.29 is 14.4 Å². The highest BCUT2D eigenvalue weighted by Gasteiger charge is 2.52. The lowest BCUT2D eigenvalue weighted by atomic mass is 9.86. The Morgan fingerprint density at radius 1 is 1.23 bits per heavy atom. The fraction of sp³-hybridized carbons (Fsp3) is 0.812. The first-order valence-corrected chi connectivity index (χ1v) is 8.45. The number of hydrogen-bond donors (Lipinski definition) is 2. The molecule has 1 aliphatic heterocycles. The summed E-state index contributed by atoms with van der Waals surface area (Å²) in [5.41, 5.74) is -0.727. The third kappa shape index (κ3) is 2.71. The molecule has 0 aromatic rings. The Hall–Kier alpha value is -1.59. The molecule has 2 aliphatic carbocycles. The minimum absolute atomic E-state index is 0.157. The van der Waals surface area contributed by atoms with Gasteiger partial charge in [-0.25, -0.2) is 4.79 Å². The molecule has 0 unspecified atom stereocenters. The second kappa shape index (κ2) is 5.89. The molecule has 4 amide bonds. The van der Waals surface area contributed by atoms with Gasteiger partial charge in [0.2, 0.25) is 5.91 Å². The molecule has 2 saturated carbocycles. The number of nitrogens with zero attached hydrogens (tertiary/aromatic N) is 1. The summed E-state index contributed by atoms with van der Waals surface area (Å²) in [6.07, 6.45) is 7.72. The molecular weight excluding hydrogens is 282 g/mol. The third-order valence-corrected chi connectivity index (χ3v) is 5.46. The zero-order chi connectivity index (χ0) is 15.7. The van der Waals surface area contributed by atoms with Crippen molar-refractivity contribution in [3.05, 3.63) is 0 Å². The molecule has 1 spiro atoms. The Morgan fingerprint density at radius 3 is 2.59 bits per heavy atom. The van der Waals surface area contributed by atoms with E-state index < -0.39 is 11.6 Å². The maximum absolute atomic E-state index is 12.5. The molecule has 22 heavy (non-hydrogen) atoms. The summed E-state index contributed by atoms with van der Waals surface area (Å²) in [4.78, 5) is 37.9. The van der Waals surface area contributed by atoms with E-state index in [1.165, 1.54) is 6.42 Å². The molecule has 3 fully saturated rings. The molecule has 3 rings (SSSR count). The summed E-state index contributed by atoms with van der Waals surface area (Å²) in [6, 6.07) is -0.249. The molecular formula is C16H25N3O3. The van der Waals surface area contributed by atoms with Crippen LogP contribution in [0.15, 0.2) is 0 Å². The minimum Gasteiger partial charge on any atom is -0.352 e. The van der Waals surface area contributed by atoms with Gasteiger partial charge in [-0.05, 0) is 31.6 Å². The maximum Gasteiger partial charge on any atom is 0.325 e. The molecule has 0 radical (unpaired) electrons. The molecule has 6 heteroatoms. The number of carbonyl (C=O) groups excluding carboxylic acids is 3. The molecule has 6 nitrogen and oxygen atoms in total. The van der Waals surface area contributed by atoms with E-state index in [-0.39, 0.29) is 24.4 Å². The van der Waals surface area contributed by atoms with E-state index >= 15 is 0 Å². The average molecular weight is 307 g/mol. The van der Waals surface area contributed by atoms with Crippen molar-refractivity contribution in [2.45, 2.75) is 69.9 Å². The molecule has 0 aromatic carbocycles. The maximum atomic E-state index is 12.5. The number of carbonyl (C=O) groups is 3. The van der Waals surface area contributed by atoms with Gasteiger partial charge in [0.05, 0.1) is 0 Å². The molecule has 0 bridgehead atoms. The van der Waals surface area contributed by atoms with Gasteiger partial charge in [0.15, 0.2) is 0 Å². The SMILES string of the molecule is C[C@H]1CCCC[C@@H]1NC(=O)CN1C(=O)NC2(CCCC2)C1=O. The Bertz CT molecular complexity index is 485. The van der Waals surface area contributed by atoms with Crippen LogP contribution in [0.4, 0.5) is 4.79 Å². The Kier molecular flexibility index (Phi) is 4.10. The van der Waals surface area contributed by atoms with Crippen molar-refractivity contribution >= 4 is 17.8 Å². The van der Waals surface area contributed by atoms with Crippen LogP contribution in [0.25, 0.3) is 0 Å². The van der Waals surface area contributed by atoms with Gasteiger partial charge in [-0.1, -0.05) is 32.6 Å². The lowest BCUT2D eigenvalue weighted by Crippen LogP contribution is -2.48. The fourth-order valence-electron chi connectivity index (χ4n) is 4.06. The van der Waals surface area contributed by atoms with Crippen LogP contribution in [0.2, 0.25) is 0 Å². The van der Waals surface area contributed by atoms with Crippen LogP contribution in [-0.2, 0) is 9.59 Å². The highest BCUT2D eigenvalue weighted by atomic mass is 16.2. The first-order valence-electron chi connectivity index (χ1n) is 8.45. The smallest absolute Gasteiger partial charge is 0.325 e. The van der Waals surface area contributed by atoms with Gasteiger partial charge >= 0.3 is 6.03 Å². The number of amides is 4. The third-order valence-electron chi connectivity index (χ3n) is 5.46. The number of hydrogen-bond acceptors (Lipinski definition) is 3. The van der Waals surface area contributed by atoms with E-state index in [4.69, 9.17) is 0 Å². The van der Waals surface area contributed by atoms with E-state index in [0.29, 0.717) is 18.8 Å². The molecule has 1 saturated heterocycles. The predicted molar refractivity (Wildman–Crippen MR) is 81.0 cm³/mol. The summed E-state index contributed by atoms with van der Waals surface area (Å²) >= 11 is 0. The Labute approximate surface area is 131 Å². The van der Waals surface area contributed by atoms with E-state index in [0.717, 1.165) is 37.0 Å². The van der Waals surface area contributed by atoms with Crippen LogP contribution < -0.4 is 10.6 Å². The summed E-state index contributed by atoms with van der Waals surface area (Å²) in [5.74, 6) is 0.0149. The van der Waals surface area contributed by atoms with Crippen LogP contribution in [-0.4, -0.2) is 40.9 Å². The van der Waals surface area contributed by atoms with Gasteiger partial charge in [0, 0.05) is 6.04 Å². The first kappa shape index (κ1) is 15.3. The number of rotatable bonds is 3. The molecule has 3 aliphatic rings. The van der Waals surface area contributed by atoms with Crippen LogP contribution in [0.5, 0.6) is 0 Å². The van der Waals surface area contributed by atoms with Gasteiger partial charge in [0.25, 0.3) is 5.91 Å². The second-order valence-corrected chi connectivity index (χ2v) is 7.05. The molecule has 2 atom stereocenters. The number of urea groups is 1. The van der Waals surface area contributed by atoms with Gasteiger partial charge < -0.3 is 10.6 Å². The number of nitrogens with one attached hydrogen (secondary N) is 2. The normalized spacial score (nSPS) is 30.7.